The molecule has 1 aliphatic carbocycles. The van der Waals surface area contributed by atoms with Gasteiger partial charge in [0.2, 0.25) is 0 Å². The third kappa shape index (κ3) is 1.58. The van der Waals surface area contributed by atoms with Gasteiger partial charge in [-0.2, -0.15) is 0 Å². The van der Waals surface area contributed by atoms with E-state index in [4.69, 9.17) is 11.5 Å². The zero-order valence-corrected chi connectivity index (χ0v) is 12.1. The minimum atomic E-state index is 0.754. The standard InChI is InChI=1S/C13H10Br2N2/c14-11-5-9-8-2-1-7(16)3-6(8)4-10(9)12(15)13(11)17/h1-3,5H,4,16-17H2. The zero-order chi connectivity index (χ0) is 12.2. The third-order valence-corrected chi connectivity index (χ3v) is 4.70. The van der Waals surface area contributed by atoms with Crippen LogP contribution in [-0.2, 0) is 6.42 Å². The Hall–Kier alpha value is -1.00. The highest BCUT2D eigenvalue weighted by Gasteiger charge is 2.23. The summed E-state index contributed by atoms with van der Waals surface area (Å²) in [6.07, 6.45) is 0.883. The van der Waals surface area contributed by atoms with Gasteiger partial charge >= 0.3 is 0 Å². The van der Waals surface area contributed by atoms with Gasteiger partial charge in [-0.15, -0.1) is 0 Å². The summed E-state index contributed by atoms with van der Waals surface area (Å²) < 4.78 is 1.91. The molecule has 0 heterocycles. The molecule has 4 heteroatoms. The Balaban J connectivity index is 2.30. The minimum absolute atomic E-state index is 0.754. The molecule has 2 aromatic carbocycles. The molecule has 86 valence electrons. The summed E-state index contributed by atoms with van der Waals surface area (Å²) in [6, 6.07) is 8.13. The first-order valence-electron chi connectivity index (χ1n) is 5.23. The summed E-state index contributed by atoms with van der Waals surface area (Å²) in [5, 5.41) is 0. The lowest BCUT2D eigenvalue weighted by Gasteiger charge is -2.08. The number of benzene rings is 2. The Morgan fingerprint density at radius 2 is 1.76 bits per heavy atom. The van der Waals surface area contributed by atoms with Crippen molar-refractivity contribution in [3.8, 4) is 11.1 Å². The minimum Gasteiger partial charge on any atom is -0.399 e. The Bertz CT molecular complexity index is 636. The van der Waals surface area contributed by atoms with Crippen molar-refractivity contribution in [1.29, 1.82) is 0 Å². The first-order valence-corrected chi connectivity index (χ1v) is 6.81. The van der Waals surface area contributed by atoms with Crippen LogP contribution in [0.3, 0.4) is 0 Å². The van der Waals surface area contributed by atoms with E-state index in [1.54, 1.807) is 0 Å². The van der Waals surface area contributed by atoms with E-state index in [-0.39, 0.29) is 0 Å². The number of hydrogen-bond acceptors (Lipinski definition) is 2. The Kier molecular flexibility index (Phi) is 2.45. The summed E-state index contributed by atoms with van der Waals surface area (Å²) in [4.78, 5) is 0. The number of halogens is 2. The fourth-order valence-electron chi connectivity index (χ4n) is 2.30. The fraction of sp³-hybridized carbons (Fsp3) is 0.0769. The molecule has 2 nitrogen and oxygen atoms in total. The van der Waals surface area contributed by atoms with Gasteiger partial charge in [-0.25, -0.2) is 0 Å². The topological polar surface area (TPSA) is 52.0 Å². The lowest BCUT2D eigenvalue weighted by molar-refractivity contribution is 1.25. The Morgan fingerprint density at radius 1 is 1.00 bits per heavy atom. The maximum absolute atomic E-state index is 6.00. The molecule has 0 unspecified atom stereocenters. The molecule has 4 N–H and O–H groups in total. The quantitative estimate of drug-likeness (QED) is 0.601. The van der Waals surface area contributed by atoms with E-state index in [0.717, 1.165) is 26.7 Å². The summed E-state index contributed by atoms with van der Waals surface area (Å²) in [7, 11) is 0. The van der Waals surface area contributed by atoms with E-state index in [1.165, 1.54) is 22.3 Å². The van der Waals surface area contributed by atoms with Crippen LogP contribution in [0.15, 0.2) is 33.2 Å². The van der Waals surface area contributed by atoms with Gasteiger partial charge in [-0.05, 0) is 78.7 Å². The van der Waals surface area contributed by atoms with Crippen LogP contribution >= 0.6 is 31.9 Å². The zero-order valence-electron chi connectivity index (χ0n) is 8.93. The lowest BCUT2D eigenvalue weighted by Crippen LogP contribution is -1.93. The van der Waals surface area contributed by atoms with Crippen LogP contribution < -0.4 is 11.5 Å². The van der Waals surface area contributed by atoms with Crippen molar-refractivity contribution in [2.24, 2.45) is 0 Å². The lowest BCUT2D eigenvalue weighted by atomic mass is 10.1. The van der Waals surface area contributed by atoms with Gasteiger partial charge in [0.15, 0.2) is 0 Å². The molecule has 0 aliphatic heterocycles. The molecule has 0 amide bonds. The highest BCUT2D eigenvalue weighted by molar-refractivity contribution is 9.11. The molecule has 3 rings (SSSR count). The second-order valence-electron chi connectivity index (χ2n) is 4.21. The van der Waals surface area contributed by atoms with E-state index >= 15 is 0 Å². The normalized spacial score (nSPS) is 12.4. The van der Waals surface area contributed by atoms with Gasteiger partial charge in [-0.1, -0.05) is 6.07 Å². The van der Waals surface area contributed by atoms with Crippen LogP contribution in [0, 0.1) is 0 Å². The second kappa shape index (κ2) is 3.75. The summed E-state index contributed by atoms with van der Waals surface area (Å²) in [5.74, 6) is 0. The van der Waals surface area contributed by atoms with Crippen LogP contribution in [0.4, 0.5) is 11.4 Å². The van der Waals surface area contributed by atoms with Crippen LogP contribution in [0.25, 0.3) is 11.1 Å². The van der Waals surface area contributed by atoms with Gasteiger partial charge in [-0.3, -0.25) is 0 Å². The van der Waals surface area contributed by atoms with Crippen LogP contribution in [0.5, 0.6) is 0 Å². The van der Waals surface area contributed by atoms with Crippen molar-refractivity contribution in [2.75, 3.05) is 11.5 Å². The molecule has 0 bridgehead atoms. The van der Waals surface area contributed by atoms with Crippen molar-refractivity contribution in [2.45, 2.75) is 6.42 Å². The number of nitrogen functional groups attached to an aromatic ring is 2. The van der Waals surface area contributed by atoms with Gasteiger partial charge in [0.1, 0.15) is 0 Å². The van der Waals surface area contributed by atoms with Gasteiger partial charge in [0.05, 0.1) is 5.69 Å². The molecule has 2 aromatic rings. The second-order valence-corrected chi connectivity index (χ2v) is 5.85. The highest BCUT2D eigenvalue weighted by Crippen LogP contribution is 2.45. The number of rotatable bonds is 0. The van der Waals surface area contributed by atoms with Crippen molar-refractivity contribution >= 4 is 43.2 Å². The first-order chi connectivity index (χ1) is 8.08. The van der Waals surface area contributed by atoms with Crippen molar-refractivity contribution in [3.05, 3.63) is 44.3 Å². The van der Waals surface area contributed by atoms with Crippen molar-refractivity contribution in [3.63, 3.8) is 0 Å². The van der Waals surface area contributed by atoms with E-state index in [9.17, 15) is 0 Å². The predicted octanol–water partition coefficient (Wildman–Crippen LogP) is 3.95. The maximum atomic E-state index is 6.00. The highest BCUT2D eigenvalue weighted by atomic mass is 79.9. The average Bonchev–Trinajstić information content (AvgIpc) is 2.64. The number of anilines is 2. The molecule has 0 fully saturated rings. The van der Waals surface area contributed by atoms with Crippen molar-refractivity contribution < 1.29 is 0 Å². The van der Waals surface area contributed by atoms with E-state index < -0.39 is 0 Å². The largest absolute Gasteiger partial charge is 0.399 e. The molecular formula is C13H10Br2N2. The summed E-state index contributed by atoms with van der Waals surface area (Å²) >= 11 is 7.06. The van der Waals surface area contributed by atoms with Crippen LogP contribution in [0.1, 0.15) is 11.1 Å². The monoisotopic (exact) mass is 352 g/mol. The number of fused-ring (bicyclic) bond motifs is 3. The predicted molar refractivity (Wildman–Crippen MR) is 78.9 cm³/mol. The molecule has 1 aliphatic rings. The van der Waals surface area contributed by atoms with E-state index in [2.05, 4.69) is 44.0 Å². The number of hydrogen-bond donors (Lipinski definition) is 2. The maximum Gasteiger partial charge on any atom is 0.0606 e. The molecule has 0 saturated heterocycles. The summed E-state index contributed by atoms with van der Waals surface area (Å²) in [6.45, 7) is 0. The first kappa shape index (κ1) is 11.1. The van der Waals surface area contributed by atoms with Gasteiger partial charge in [0.25, 0.3) is 0 Å². The van der Waals surface area contributed by atoms with E-state index in [0.29, 0.717) is 0 Å². The summed E-state index contributed by atoms with van der Waals surface area (Å²) in [5.41, 5.74) is 18.4. The van der Waals surface area contributed by atoms with Gasteiger partial charge in [0, 0.05) is 14.6 Å². The van der Waals surface area contributed by atoms with Crippen LogP contribution in [0.2, 0.25) is 0 Å². The number of nitrogens with two attached hydrogens (primary N) is 2. The molecule has 0 spiro atoms. The smallest absolute Gasteiger partial charge is 0.0606 e. The molecule has 17 heavy (non-hydrogen) atoms. The average molecular weight is 354 g/mol. The molecular weight excluding hydrogens is 344 g/mol. The fourth-order valence-corrected chi connectivity index (χ4v) is 3.56. The van der Waals surface area contributed by atoms with Gasteiger partial charge < -0.3 is 11.5 Å². The molecule has 0 aromatic heterocycles. The van der Waals surface area contributed by atoms with Crippen LogP contribution in [-0.4, -0.2) is 0 Å². The Labute approximate surface area is 116 Å². The Morgan fingerprint density at radius 3 is 2.53 bits per heavy atom. The molecule has 0 radical (unpaired) electrons. The molecule has 0 saturated carbocycles. The SMILES string of the molecule is Nc1ccc2c(c1)Cc1c-2cc(Br)c(N)c1Br. The van der Waals surface area contributed by atoms with E-state index in [1.807, 2.05) is 12.1 Å². The van der Waals surface area contributed by atoms with Crippen molar-refractivity contribution in [1.82, 2.24) is 0 Å². The third-order valence-electron chi connectivity index (χ3n) is 3.14. The molecule has 0 atom stereocenters.